The van der Waals surface area contributed by atoms with Crippen LogP contribution in [0.1, 0.15) is 15.9 Å². The van der Waals surface area contributed by atoms with Crippen molar-refractivity contribution in [3.8, 4) is 0 Å². The number of hydrogen-bond donors (Lipinski definition) is 2. The molecule has 7 nitrogen and oxygen atoms in total. The highest BCUT2D eigenvalue weighted by Gasteiger charge is 2.14. The van der Waals surface area contributed by atoms with Gasteiger partial charge in [0.25, 0.3) is 0 Å². The molecule has 8 heteroatoms. The van der Waals surface area contributed by atoms with Crippen LogP contribution in [0.2, 0.25) is 0 Å². The Morgan fingerprint density at radius 3 is 2.63 bits per heavy atom. The number of carbonyl (C=O) groups is 2. The fourth-order valence-electron chi connectivity index (χ4n) is 1.36. The molecule has 104 valence electrons. The zero-order chi connectivity index (χ0) is 14.5. The number of sulfonamides is 1. The van der Waals surface area contributed by atoms with E-state index < -0.39 is 28.4 Å². The molecule has 0 radical (unpaired) electrons. The van der Waals surface area contributed by atoms with E-state index in [0.29, 0.717) is 5.56 Å². The van der Waals surface area contributed by atoms with Crippen molar-refractivity contribution in [1.29, 1.82) is 0 Å². The summed E-state index contributed by atoms with van der Waals surface area (Å²) < 4.78 is 29.8. The highest BCUT2D eigenvalue weighted by atomic mass is 32.2. The molecular weight excluding hydrogens is 272 g/mol. The van der Waals surface area contributed by atoms with E-state index in [-0.39, 0.29) is 11.3 Å². The second-order valence-electron chi connectivity index (χ2n) is 3.74. The minimum atomic E-state index is -3.68. The topological polar surface area (TPSA) is 116 Å². The number of nitrogens with two attached hydrogens (primary N) is 1. The van der Waals surface area contributed by atoms with Gasteiger partial charge in [0.1, 0.15) is 0 Å². The Morgan fingerprint density at radius 2 is 2.05 bits per heavy atom. The Morgan fingerprint density at radius 1 is 1.37 bits per heavy atom. The molecule has 0 heterocycles. The largest absolute Gasteiger partial charge is 0.465 e. The van der Waals surface area contributed by atoms with Gasteiger partial charge < -0.3 is 10.5 Å². The van der Waals surface area contributed by atoms with Crippen LogP contribution in [-0.4, -0.2) is 33.9 Å². The lowest BCUT2D eigenvalue weighted by Gasteiger charge is -2.06. The molecule has 0 aliphatic rings. The molecule has 19 heavy (non-hydrogen) atoms. The van der Waals surface area contributed by atoms with E-state index in [1.54, 1.807) is 12.1 Å². The van der Waals surface area contributed by atoms with Gasteiger partial charge in [-0.05, 0) is 17.7 Å². The van der Waals surface area contributed by atoms with E-state index in [9.17, 15) is 18.0 Å². The molecule has 0 atom stereocenters. The molecule has 0 spiro atoms. The zero-order valence-electron chi connectivity index (χ0n) is 10.3. The number of esters is 1. The Bertz CT molecular complexity index is 583. The molecule has 0 unspecified atom stereocenters. The van der Waals surface area contributed by atoms with Crippen LogP contribution in [0.5, 0.6) is 0 Å². The van der Waals surface area contributed by atoms with Crippen LogP contribution in [0.25, 0.3) is 0 Å². The average molecular weight is 286 g/mol. The van der Waals surface area contributed by atoms with Gasteiger partial charge in [-0.3, -0.25) is 4.79 Å². The first-order valence-electron chi connectivity index (χ1n) is 5.27. The average Bonchev–Trinajstić information content (AvgIpc) is 2.35. The van der Waals surface area contributed by atoms with Crippen molar-refractivity contribution in [2.45, 2.75) is 5.75 Å². The van der Waals surface area contributed by atoms with E-state index in [2.05, 4.69) is 9.46 Å². The van der Waals surface area contributed by atoms with Gasteiger partial charge in [-0.15, -0.1) is 0 Å². The van der Waals surface area contributed by atoms with Gasteiger partial charge in [-0.2, -0.15) is 0 Å². The molecule has 0 aliphatic carbocycles. The molecule has 3 N–H and O–H groups in total. The third kappa shape index (κ3) is 5.06. The number of rotatable bonds is 6. The summed E-state index contributed by atoms with van der Waals surface area (Å²) in [4.78, 5) is 21.8. The van der Waals surface area contributed by atoms with E-state index in [0.717, 1.165) is 0 Å². The van der Waals surface area contributed by atoms with E-state index in [1.165, 1.54) is 19.2 Å². The highest BCUT2D eigenvalue weighted by Crippen LogP contribution is 2.09. The molecule has 0 fully saturated rings. The summed E-state index contributed by atoms with van der Waals surface area (Å²) in [5.41, 5.74) is 5.51. The number of benzene rings is 1. The third-order valence-corrected chi connectivity index (χ3v) is 3.47. The maximum absolute atomic E-state index is 11.6. The fourth-order valence-corrected chi connectivity index (χ4v) is 2.44. The van der Waals surface area contributed by atoms with E-state index >= 15 is 0 Å². The number of carbonyl (C=O) groups excluding carboxylic acids is 2. The minimum Gasteiger partial charge on any atom is -0.465 e. The van der Waals surface area contributed by atoms with Crippen molar-refractivity contribution >= 4 is 21.9 Å². The van der Waals surface area contributed by atoms with Crippen LogP contribution < -0.4 is 10.5 Å². The maximum atomic E-state index is 11.6. The van der Waals surface area contributed by atoms with Crippen LogP contribution in [-0.2, 0) is 25.3 Å². The lowest BCUT2D eigenvalue weighted by atomic mass is 10.1. The summed E-state index contributed by atoms with van der Waals surface area (Å²) in [5.74, 6) is -1.68. The SMILES string of the molecule is COC(=O)c1cccc(CS(=O)(=O)NCC(N)=O)c1. The van der Waals surface area contributed by atoms with Crippen molar-refractivity contribution in [1.82, 2.24) is 4.72 Å². The monoisotopic (exact) mass is 286 g/mol. The Hall–Kier alpha value is -1.93. The summed E-state index contributed by atoms with van der Waals surface area (Å²) in [6.45, 7) is -0.459. The number of primary amides is 1. The van der Waals surface area contributed by atoms with E-state index in [4.69, 9.17) is 5.73 Å². The summed E-state index contributed by atoms with van der Waals surface area (Å²) in [7, 11) is -2.45. The van der Waals surface area contributed by atoms with Gasteiger partial charge in [0.2, 0.25) is 15.9 Å². The second kappa shape index (κ2) is 6.30. The number of nitrogens with one attached hydrogen (secondary N) is 1. The predicted octanol–water partition coefficient (Wildman–Crippen LogP) is -0.622. The first-order chi connectivity index (χ1) is 8.84. The van der Waals surface area contributed by atoms with Crippen molar-refractivity contribution < 1.29 is 22.7 Å². The Balaban J connectivity index is 2.82. The summed E-state index contributed by atoms with van der Waals surface area (Å²) in [6.07, 6.45) is 0. The molecule has 0 aromatic heterocycles. The second-order valence-corrected chi connectivity index (χ2v) is 5.55. The summed E-state index contributed by atoms with van der Waals surface area (Å²) in [5, 5.41) is 0. The van der Waals surface area contributed by atoms with Gasteiger partial charge in [-0.1, -0.05) is 12.1 Å². The van der Waals surface area contributed by atoms with Gasteiger partial charge >= 0.3 is 5.97 Å². The minimum absolute atomic E-state index is 0.255. The van der Waals surface area contributed by atoms with Crippen molar-refractivity contribution in [2.75, 3.05) is 13.7 Å². The standard InChI is InChI=1S/C11H14N2O5S/c1-18-11(15)9-4-2-3-8(5-9)7-19(16,17)13-6-10(12)14/h2-5,13H,6-7H2,1H3,(H2,12,14). The molecule has 1 amide bonds. The highest BCUT2D eigenvalue weighted by molar-refractivity contribution is 7.88. The molecule has 0 saturated carbocycles. The molecule has 1 aromatic rings. The summed E-state index contributed by atoms with van der Waals surface area (Å²) in [6, 6.07) is 6.02. The van der Waals surface area contributed by atoms with Crippen LogP contribution in [0.15, 0.2) is 24.3 Å². The van der Waals surface area contributed by atoms with Gasteiger partial charge in [-0.25, -0.2) is 17.9 Å². The molecular formula is C11H14N2O5S. The van der Waals surface area contributed by atoms with Gasteiger partial charge in [0, 0.05) is 0 Å². The number of hydrogen-bond acceptors (Lipinski definition) is 5. The number of methoxy groups -OCH3 is 1. The Labute approximate surface area is 110 Å². The van der Waals surface area contributed by atoms with Crippen molar-refractivity contribution in [2.24, 2.45) is 5.73 Å². The van der Waals surface area contributed by atoms with Gasteiger partial charge in [0.15, 0.2) is 0 Å². The molecule has 1 aromatic carbocycles. The third-order valence-electron chi connectivity index (χ3n) is 2.17. The van der Waals surface area contributed by atoms with Crippen molar-refractivity contribution in [3.05, 3.63) is 35.4 Å². The Kier molecular flexibility index (Phi) is 5.02. The molecule has 0 aliphatic heterocycles. The first-order valence-corrected chi connectivity index (χ1v) is 6.92. The predicted molar refractivity (Wildman–Crippen MR) is 67.6 cm³/mol. The first kappa shape index (κ1) is 15.1. The van der Waals surface area contributed by atoms with E-state index in [1.807, 2.05) is 0 Å². The molecule has 1 rings (SSSR count). The molecule has 0 bridgehead atoms. The van der Waals surface area contributed by atoms with Crippen LogP contribution in [0, 0.1) is 0 Å². The lowest BCUT2D eigenvalue weighted by Crippen LogP contribution is -2.34. The van der Waals surface area contributed by atoms with Crippen molar-refractivity contribution in [3.63, 3.8) is 0 Å². The van der Waals surface area contributed by atoms with Crippen LogP contribution in [0.3, 0.4) is 0 Å². The normalized spacial score (nSPS) is 11.0. The van der Waals surface area contributed by atoms with Crippen LogP contribution >= 0.6 is 0 Å². The quantitative estimate of drug-likeness (QED) is 0.676. The zero-order valence-corrected chi connectivity index (χ0v) is 11.1. The summed E-state index contributed by atoms with van der Waals surface area (Å²) >= 11 is 0. The van der Waals surface area contributed by atoms with Gasteiger partial charge in [0.05, 0.1) is 25.0 Å². The number of amides is 1. The fraction of sp³-hybridized carbons (Fsp3) is 0.273. The number of ether oxygens (including phenoxy) is 1. The molecule has 0 saturated heterocycles. The van der Waals surface area contributed by atoms with Crippen LogP contribution in [0.4, 0.5) is 0 Å². The lowest BCUT2D eigenvalue weighted by molar-refractivity contribution is -0.116. The maximum Gasteiger partial charge on any atom is 0.337 e. The smallest absolute Gasteiger partial charge is 0.337 e.